The number of carbonyl (C=O) groups is 3. The van der Waals surface area contributed by atoms with Gasteiger partial charge < -0.3 is 14.2 Å². The molecule has 0 bridgehead atoms. The number of hydrogen-bond acceptors (Lipinski definition) is 6. The second kappa shape index (κ2) is 41.9. The van der Waals surface area contributed by atoms with Gasteiger partial charge in [-0.2, -0.15) is 0 Å². The van der Waals surface area contributed by atoms with Gasteiger partial charge in [0.05, 0.1) is 0 Å². The summed E-state index contributed by atoms with van der Waals surface area (Å²) in [6.45, 7) is 6.60. The molecule has 6 heteroatoms. The van der Waals surface area contributed by atoms with Crippen LogP contribution in [0.2, 0.25) is 0 Å². The van der Waals surface area contributed by atoms with Gasteiger partial charge in [0.25, 0.3) is 0 Å². The summed E-state index contributed by atoms with van der Waals surface area (Å²) in [6, 6.07) is 0. The third-order valence-electron chi connectivity index (χ3n) is 10.0. The first-order chi connectivity index (χ1) is 25.5. The highest BCUT2D eigenvalue weighted by molar-refractivity contribution is 5.71. The van der Waals surface area contributed by atoms with Gasteiger partial charge in [-0.25, -0.2) is 0 Å². The number of carbonyl (C=O) groups excluding carboxylic acids is 3. The van der Waals surface area contributed by atoms with E-state index in [1.165, 1.54) is 141 Å². The van der Waals surface area contributed by atoms with Gasteiger partial charge in [0.1, 0.15) is 13.2 Å². The molecule has 0 rings (SSSR count). The minimum Gasteiger partial charge on any atom is -0.462 e. The number of rotatable bonds is 41. The molecule has 0 radical (unpaired) electrons. The minimum absolute atomic E-state index is 0.0687. The lowest BCUT2D eigenvalue weighted by atomic mass is 10.1. The van der Waals surface area contributed by atoms with Crippen LogP contribution in [-0.2, 0) is 28.6 Å². The molecule has 52 heavy (non-hydrogen) atoms. The number of unbranched alkanes of at least 4 members (excludes halogenated alkanes) is 28. The van der Waals surface area contributed by atoms with Gasteiger partial charge >= 0.3 is 17.9 Å². The molecule has 0 spiro atoms. The largest absolute Gasteiger partial charge is 0.462 e. The van der Waals surface area contributed by atoms with E-state index in [0.717, 1.165) is 64.2 Å². The summed E-state index contributed by atoms with van der Waals surface area (Å²) in [4.78, 5) is 37.6. The summed E-state index contributed by atoms with van der Waals surface area (Å²) in [7, 11) is 0. The first-order valence-corrected chi connectivity index (χ1v) is 22.7. The summed E-state index contributed by atoms with van der Waals surface area (Å²) >= 11 is 0. The first-order valence-electron chi connectivity index (χ1n) is 22.7. The highest BCUT2D eigenvalue weighted by atomic mass is 16.6. The Bertz CT molecular complexity index is 809. The van der Waals surface area contributed by atoms with Gasteiger partial charge in [0.15, 0.2) is 6.10 Å². The van der Waals surface area contributed by atoms with Crippen molar-refractivity contribution in [2.75, 3.05) is 13.2 Å². The van der Waals surface area contributed by atoms with Crippen LogP contribution in [0.5, 0.6) is 0 Å². The van der Waals surface area contributed by atoms with E-state index >= 15 is 0 Å². The van der Waals surface area contributed by atoms with Crippen LogP contribution in [0, 0.1) is 0 Å². The molecule has 306 valence electrons. The van der Waals surface area contributed by atoms with Gasteiger partial charge in [-0.1, -0.05) is 193 Å². The van der Waals surface area contributed by atoms with Crippen LogP contribution in [0.15, 0.2) is 12.2 Å². The fourth-order valence-corrected chi connectivity index (χ4v) is 6.55. The van der Waals surface area contributed by atoms with Crippen molar-refractivity contribution in [2.45, 2.75) is 252 Å². The molecule has 0 aliphatic heterocycles. The molecule has 0 aliphatic carbocycles. The topological polar surface area (TPSA) is 78.9 Å². The molecule has 0 aromatic carbocycles. The fourth-order valence-electron chi connectivity index (χ4n) is 6.55. The van der Waals surface area contributed by atoms with Crippen LogP contribution in [0.4, 0.5) is 0 Å². The van der Waals surface area contributed by atoms with Crippen molar-refractivity contribution in [3.8, 4) is 0 Å². The number of ether oxygens (including phenoxy) is 3. The van der Waals surface area contributed by atoms with Crippen LogP contribution in [0.1, 0.15) is 245 Å². The predicted molar refractivity (Wildman–Crippen MR) is 220 cm³/mol. The molecule has 6 nitrogen and oxygen atoms in total. The highest BCUT2D eigenvalue weighted by Crippen LogP contribution is 2.14. The first kappa shape index (κ1) is 50.1. The van der Waals surface area contributed by atoms with Gasteiger partial charge in [0, 0.05) is 19.3 Å². The molecule has 0 fully saturated rings. The monoisotopic (exact) mass is 735 g/mol. The smallest absolute Gasteiger partial charge is 0.306 e. The van der Waals surface area contributed by atoms with Gasteiger partial charge in [-0.15, -0.1) is 0 Å². The maximum Gasteiger partial charge on any atom is 0.306 e. The number of hydrogen-bond donors (Lipinski definition) is 0. The maximum absolute atomic E-state index is 12.7. The molecular weight excluding hydrogens is 648 g/mol. The van der Waals surface area contributed by atoms with E-state index in [1.807, 2.05) is 0 Å². The predicted octanol–water partition coefficient (Wildman–Crippen LogP) is 14.3. The van der Waals surface area contributed by atoms with E-state index in [1.54, 1.807) is 0 Å². The van der Waals surface area contributed by atoms with Gasteiger partial charge in [-0.05, 0) is 44.9 Å². The lowest BCUT2D eigenvalue weighted by molar-refractivity contribution is -0.167. The Balaban J connectivity index is 4.31. The third kappa shape index (κ3) is 39.4. The molecule has 1 atom stereocenters. The normalized spacial score (nSPS) is 12.0. The average molecular weight is 735 g/mol. The summed E-state index contributed by atoms with van der Waals surface area (Å²) in [5.74, 6) is -0.874. The molecule has 0 saturated heterocycles. The lowest BCUT2D eigenvalue weighted by Gasteiger charge is -2.18. The zero-order valence-corrected chi connectivity index (χ0v) is 34.8. The van der Waals surface area contributed by atoms with E-state index in [9.17, 15) is 14.4 Å². The van der Waals surface area contributed by atoms with Crippen molar-refractivity contribution in [3.63, 3.8) is 0 Å². The van der Waals surface area contributed by atoms with Crippen LogP contribution >= 0.6 is 0 Å². The van der Waals surface area contributed by atoms with Crippen molar-refractivity contribution < 1.29 is 28.6 Å². The van der Waals surface area contributed by atoms with E-state index in [0.29, 0.717) is 19.3 Å². The molecule has 0 aromatic heterocycles. The summed E-state index contributed by atoms with van der Waals surface area (Å²) < 4.78 is 16.7. The van der Waals surface area contributed by atoms with Crippen molar-refractivity contribution >= 4 is 17.9 Å². The highest BCUT2D eigenvalue weighted by Gasteiger charge is 2.19. The lowest BCUT2D eigenvalue weighted by Crippen LogP contribution is -2.30. The number of esters is 3. The SMILES string of the molecule is CCCCCCCC/C=C\CCCCCCCC(=O)OC[C@@H](COC(=O)CCCCCCCCCCC)OC(=O)CCCCCCCCCCCC. The van der Waals surface area contributed by atoms with Crippen LogP contribution in [-0.4, -0.2) is 37.2 Å². The van der Waals surface area contributed by atoms with Crippen LogP contribution in [0.25, 0.3) is 0 Å². The maximum atomic E-state index is 12.7. The number of allylic oxidation sites excluding steroid dienone is 2. The Morgan fingerprint density at radius 1 is 0.365 bits per heavy atom. The van der Waals surface area contributed by atoms with Crippen LogP contribution < -0.4 is 0 Å². The third-order valence-corrected chi connectivity index (χ3v) is 10.0. The van der Waals surface area contributed by atoms with E-state index in [2.05, 4.69) is 32.9 Å². The quantitative estimate of drug-likeness (QED) is 0.0269. The van der Waals surface area contributed by atoms with Crippen molar-refractivity contribution in [1.29, 1.82) is 0 Å². The molecule has 0 N–H and O–H groups in total. The summed E-state index contributed by atoms with van der Waals surface area (Å²) in [6.07, 6.45) is 43.4. The van der Waals surface area contributed by atoms with Crippen molar-refractivity contribution in [2.24, 2.45) is 0 Å². The average Bonchev–Trinajstić information content (AvgIpc) is 3.14. The van der Waals surface area contributed by atoms with E-state index < -0.39 is 6.10 Å². The Morgan fingerprint density at radius 3 is 0.962 bits per heavy atom. The van der Waals surface area contributed by atoms with Crippen molar-refractivity contribution in [3.05, 3.63) is 12.2 Å². The molecule has 0 aliphatic rings. The van der Waals surface area contributed by atoms with E-state index in [4.69, 9.17) is 14.2 Å². The second-order valence-electron chi connectivity index (χ2n) is 15.3. The Morgan fingerprint density at radius 2 is 0.635 bits per heavy atom. The molecule has 0 unspecified atom stereocenters. The Labute approximate surface area is 322 Å². The zero-order valence-electron chi connectivity index (χ0n) is 34.8. The summed E-state index contributed by atoms with van der Waals surface area (Å²) in [5.41, 5.74) is 0. The molecule has 0 amide bonds. The zero-order chi connectivity index (χ0) is 38.0. The molecule has 0 aromatic rings. The van der Waals surface area contributed by atoms with E-state index in [-0.39, 0.29) is 31.1 Å². The minimum atomic E-state index is -0.763. The second-order valence-corrected chi connectivity index (χ2v) is 15.3. The molecule has 0 saturated carbocycles. The molecule has 0 heterocycles. The van der Waals surface area contributed by atoms with Crippen molar-refractivity contribution in [1.82, 2.24) is 0 Å². The van der Waals surface area contributed by atoms with Gasteiger partial charge in [-0.3, -0.25) is 14.4 Å². The Hall–Kier alpha value is -1.85. The summed E-state index contributed by atoms with van der Waals surface area (Å²) in [5, 5.41) is 0. The Kier molecular flexibility index (Phi) is 40.4. The standard InChI is InChI=1S/C46H86O6/c1-4-7-10-13-16-19-21-22-23-24-25-28-30-33-36-39-45(48)51-42-43(41-50-44(47)38-35-32-29-26-18-15-12-9-6-3)52-46(49)40-37-34-31-27-20-17-14-11-8-5-2/h22-23,43H,4-21,24-42H2,1-3H3/b23-22-/t43-/m1/s1. The van der Waals surface area contributed by atoms with Crippen LogP contribution in [0.3, 0.4) is 0 Å². The molecular formula is C46H86O6. The van der Waals surface area contributed by atoms with Gasteiger partial charge in [0.2, 0.25) is 0 Å². The fraction of sp³-hybridized carbons (Fsp3) is 0.891.